The van der Waals surface area contributed by atoms with Crippen LogP contribution in [0.1, 0.15) is 13.8 Å². The van der Waals surface area contributed by atoms with Gasteiger partial charge in [0.2, 0.25) is 0 Å². The summed E-state index contributed by atoms with van der Waals surface area (Å²) >= 11 is 1.63. The molecule has 7 nitrogen and oxygen atoms in total. The van der Waals surface area contributed by atoms with Gasteiger partial charge in [0.25, 0.3) is 0 Å². The molecule has 0 radical (unpaired) electrons. The van der Waals surface area contributed by atoms with Crippen LogP contribution in [0.15, 0.2) is 29.3 Å². The van der Waals surface area contributed by atoms with Crippen molar-refractivity contribution >= 4 is 42.5 Å². The average Bonchev–Trinajstić information content (AvgIpc) is 3.00. The predicted molar refractivity (Wildman–Crippen MR) is 109 cm³/mol. The number of para-hydroxylation sites is 1. The minimum Gasteiger partial charge on any atom is -0.360 e. The predicted octanol–water partition coefficient (Wildman–Crippen LogP) is 1.79. The maximum absolute atomic E-state index is 12.1. The summed E-state index contributed by atoms with van der Waals surface area (Å²) in [6.07, 6.45) is 0. The number of sulfone groups is 1. The summed E-state index contributed by atoms with van der Waals surface area (Å²) in [7, 11) is -1.33. The van der Waals surface area contributed by atoms with Gasteiger partial charge < -0.3 is 15.5 Å². The van der Waals surface area contributed by atoms with Crippen LogP contribution in [0.2, 0.25) is 0 Å². The lowest BCUT2D eigenvalue weighted by Gasteiger charge is -2.39. The highest BCUT2D eigenvalue weighted by Crippen LogP contribution is 2.25. The molecule has 1 aliphatic rings. The topological polar surface area (TPSA) is 86.7 Å². The SMILES string of the molecule is CN=C(NCCNc1nc2ccccc2s1)N1CCS(=O)(=O)C(C)(C)C1. The Kier molecular flexibility index (Phi) is 5.38. The average molecular weight is 396 g/mol. The number of thiazole rings is 1. The quantitative estimate of drug-likeness (QED) is 0.466. The van der Waals surface area contributed by atoms with E-state index in [1.165, 1.54) is 0 Å². The van der Waals surface area contributed by atoms with Crippen LogP contribution in [0.3, 0.4) is 0 Å². The zero-order chi connectivity index (χ0) is 18.8. The van der Waals surface area contributed by atoms with Gasteiger partial charge >= 0.3 is 0 Å². The highest BCUT2D eigenvalue weighted by molar-refractivity contribution is 7.92. The number of benzene rings is 1. The van der Waals surface area contributed by atoms with E-state index in [0.29, 0.717) is 26.2 Å². The van der Waals surface area contributed by atoms with Crippen LogP contribution in [-0.4, -0.2) is 68.0 Å². The van der Waals surface area contributed by atoms with Gasteiger partial charge in [-0.25, -0.2) is 13.4 Å². The molecule has 0 bridgehead atoms. The third-order valence-electron chi connectivity index (χ3n) is 4.53. The maximum Gasteiger partial charge on any atom is 0.193 e. The van der Waals surface area contributed by atoms with Gasteiger partial charge in [-0.05, 0) is 26.0 Å². The summed E-state index contributed by atoms with van der Waals surface area (Å²) in [4.78, 5) is 10.9. The Morgan fingerprint density at radius 2 is 2.12 bits per heavy atom. The van der Waals surface area contributed by atoms with Crippen LogP contribution < -0.4 is 10.6 Å². The van der Waals surface area contributed by atoms with Crippen molar-refractivity contribution in [2.24, 2.45) is 4.99 Å². The second-order valence-electron chi connectivity index (χ2n) is 6.89. The van der Waals surface area contributed by atoms with Crippen molar-refractivity contribution in [3.8, 4) is 0 Å². The van der Waals surface area contributed by atoms with Gasteiger partial charge in [-0.15, -0.1) is 0 Å². The molecule has 1 aromatic carbocycles. The number of fused-ring (bicyclic) bond motifs is 1. The highest BCUT2D eigenvalue weighted by Gasteiger charge is 2.40. The smallest absolute Gasteiger partial charge is 0.193 e. The Bertz CT molecular complexity index is 872. The van der Waals surface area contributed by atoms with Crippen LogP contribution in [0, 0.1) is 0 Å². The van der Waals surface area contributed by atoms with Crippen LogP contribution in [0.25, 0.3) is 10.2 Å². The van der Waals surface area contributed by atoms with Crippen molar-refractivity contribution in [3.63, 3.8) is 0 Å². The van der Waals surface area contributed by atoms with Crippen LogP contribution >= 0.6 is 11.3 Å². The number of hydrogen-bond donors (Lipinski definition) is 2. The molecule has 0 spiro atoms. The summed E-state index contributed by atoms with van der Waals surface area (Å²) in [5.74, 6) is 0.893. The van der Waals surface area contributed by atoms with E-state index in [2.05, 4.69) is 26.7 Å². The lowest BCUT2D eigenvalue weighted by atomic mass is 10.2. The molecule has 2 aromatic rings. The number of rotatable bonds is 4. The molecule has 0 aliphatic carbocycles. The molecule has 142 valence electrons. The van der Waals surface area contributed by atoms with Gasteiger partial charge in [-0.2, -0.15) is 0 Å². The minimum atomic E-state index is -3.05. The van der Waals surface area contributed by atoms with Crippen molar-refractivity contribution in [2.45, 2.75) is 18.6 Å². The summed E-state index contributed by atoms with van der Waals surface area (Å²) in [6, 6.07) is 8.06. The van der Waals surface area contributed by atoms with Gasteiger partial charge in [0, 0.05) is 33.2 Å². The van der Waals surface area contributed by atoms with E-state index in [4.69, 9.17) is 0 Å². The normalized spacial score (nSPS) is 19.5. The first-order valence-electron chi connectivity index (χ1n) is 8.60. The molecule has 1 saturated heterocycles. The number of nitrogens with one attached hydrogen (secondary N) is 2. The molecule has 2 heterocycles. The number of guanidine groups is 1. The van der Waals surface area contributed by atoms with Gasteiger partial charge in [-0.3, -0.25) is 4.99 Å². The fraction of sp³-hybridized carbons (Fsp3) is 0.529. The third-order valence-corrected chi connectivity index (χ3v) is 8.06. The third kappa shape index (κ3) is 3.93. The number of anilines is 1. The van der Waals surface area contributed by atoms with Gasteiger partial charge in [0.1, 0.15) is 0 Å². The molecule has 26 heavy (non-hydrogen) atoms. The molecule has 1 aliphatic heterocycles. The Morgan fingerprint density at radius 3 is 2.81 bits per heavy atom. The number of nitrogens with zero attached hydrogens (tertiary/aromatic N) is 3. The van der Waals surface area contributed by atoms with E-state index in [-0.39, 0.29) is 5.75 Å². The minimum absolute atomic E-state index is 0.157. The van der Waals surface area contributed by atoms with E-state index in [9.17, 15) is 8.42 Å². The van der Waals surface area contributed by atoms with Crippen molar-refractivity contribution in [1.29, 1.82) is 0 Å². The molecule has 1 fully saturated rings. The first-order valence-corrected chi connectivity index (χ1v) is 11.1. The van der Waals surface area contributed by atoms with Crippen LogP contribution in [0.4, 0.5) is 5.13 Å². The fourth-order valence-electron chi connectivity index (χ4n) is 2.95. The number of aliphatic imine (C=N–C) groups is 1. The van der Waals surface area contributed by atoms with Crippen molar-refractivity contribution < 1.29 is 8.42 Å². The largest absolute Gasteiger partial charge is 0.360 e. The molecule has 9 heteroatoms. The van der Waals surface area contributed by atoms with Crippen LogP contribution in [0.5, 0.6) is 0 Å². The molecule has 0 saturated carbocycles. The molecular weight excluding hydrogens is 370 g/mol. The Morgan fingerprint density at radius 1 is 1.35 bits per heavy atom. The molecule has 0 amide bonds. The molecular formula is C17H25N5O2S2. The van der Waals surface area contributed by atoms with Crippen molar-refractivity contribution in [2.75, 3.05) is 44.3 Å². The number of hydrogen-bond acceptors (Lipinski definition) is 6. The first-order chi connectivity index (χ1) is 12.3. The lowest BCUT2D eigenvalue weighted by molar-refractivity contribution is 0.354. The number of aromatic nitrogens is 1. The standard InChI is InChI=1S/C17H25N5O2S2/c1-17(2)12-22(10-11-26(17,23)24)15(18-3)19-8-9-20-16-21-13-6-4-5-7-14(13)25-16/h4-7H,8-12H2,1-3H3,(H,18,19)(H,20,21). The fourth-order valence-corrected chi connectivity index (χ4v) is 5.21. The molecule has 1 aromatic heterocycles. The highest BCUT2D eigenvalue weighted by atomic mass is 32.2. The lowest BCUT2D eigenvalue weighted by Crippen LogP contribution is -2.57. The van der Waals surface area contributed by atoms with Gasteiger partial charge in [0.05, 0.1) is 20.7 Å². The second kappa shape index (κ2) is 7.40. The van der Waals surface area contributed by atoms with Gasteiger partial charge in [-0.1, -0.05) is 23.5 Å². The molecule has 0 atom stereocenters. The van der Waals surface area contributed by atoms with Gasteiger partial charge in [0.15, 0.2) is 20.9 Å². The Balaban J connectivity index is 1.52. The molecule has 2 N–H and O–H groups in total. The second-order valence-corrected chi connectivity index (χ2v) is 10.7. The zero-order valence-corrected chi connectivity index (χ0v) is 17.0. The van der Waals surface area contributed by atoms with E-state index in [1.807, 2.05) is 23.1 Å². The molecule has 3 rings (SSSR count). The summed E-state index contributed by atoms with van der Waals surface area (Å²) in [5, 5.41) is 7.52. The van der Waals surface area contributed by atoms with Crippen molar-refractivity contribution in [1.82, 2.24) is 15.2 Å². The summed E-state index contributed by atoms with van der Waals surface area (Å²) < 4.78 is 24.7. The monoisotopic (exact) mass is 395 g/mol. The van der Waals surface area contributed by atoms with Crippen molar-refractivity contribution in [3.05, 3.63) is 24.3 Å². The van der Waals surface area contributed by atoms with Crippen LogP contribution in [-0.2, 0) is 9.84 Å². The van der Waals surface area contributed by atoms with E-state index < -0.39 is 14.6 Å². The van der Waals surface area contributed by atoms with E-state index >= 15 is 0 Å². The van der Waals surface area contributed by atoms with E-state index in [0.717, 1.165) is 21.3 Å². The summed E-state index contributed by atoms with van der Waals surface area (Å²) in [6.45, 7) is 5.84. The Labute approximate surface area is 158 Å². The van der Waals surface area contributed by atoms with E-state index in [1.54, 1.807) is 32.2 Å². The molecule has 0 unspecified atom stereocenters. The first kappa shape index (κ1) is 18.9. The maximum atomic E-state index is 12.1. The Hall–Kier alpha value is -1.87. The summed E-state index contributed by atoms with van der Waals surface area (Å²) in [5.41, 5.74) is 1.00. The zero-order valence-electron chi connectivity index (χ0n) is 15.3.